The number of ether oxygens (including phenoxy) is 1. The predicted octanol–water partition coefficient (Wildman–Crippen LogP) is 1.51. The number of hydrogen-bond donors (Lipinski definition) is 2. The Kier molecular flexibility index (Phi) is 3.66. The molecule has 0 radical (unpaired) electrons. The van der Waals surface area contributed by atoms with E-state index in [1.54, 1.807) is 7.11 Å². The lowest BCUT2D eigenvalue weighted by Gasteiger charge is -2.11. The van der Waals surface area contributed by atoms with E-state index in [4.69, 9.17) is 4.74 Å². The zero-order valence-corrected chi connectivity index (χ0v) is 10.7. The third kappa shape index (κ3) is 2.47. The third-order valence-corrected chi connectivity index (χ3v) is 3.00. The minimum absolute atomic E-state index is 0.703. The van der Waals surface area contributed by atoms with Crippen molar-refractivity contribution in [1.29, 1.82) is 0 Å². The van der Waals surface area contributed by atoms with Crippen LogP contribution in [-0.4, -0.2) is 26.2 Å². The second kappa shape index (κ2) is 5.21. The summed E-state index contributed by atoms with van der Waals surface area (Å²) in [4.78, 5) is 4.27. The molecule has 2 N–H and O–H groups in total. The number of hydrogen-bond acceptors (Lipinski definition) is 4. The van der Waals surface area contributed by atoms with E-state index in [-0.39, 0.29) is 0 Å². The van der Waals surface area contributed by atoms with Crippen LogP contribution in [0.15, 0.2) is 27.7 Å². The van der Waals surface area contributed by atoms with E-state index < -0.39 is 0 Å². The van der Waals surface area contributed by atoms with Crippen molar-refractivity contribution in [3.05, 3.63) is 28.2 Å². The molecule has 0 saturated heterocycles. The van der Waals surface area contributed by atoms with Gasteiger partial charge in [0.1, 0.15) is 5.75 Å². The molecule has 1 aromatic rings. The third-order valence-electron chi connectivity index (χ3n) is 2.37. The Morgan fingerprint density at radius 1 is 1.56 bits per heavy atom. The van der Waals surface area contributed by atoms with Gasteiger partial charge in [0, 0.05) is 18.7 Å². The van der Waals surface area contributed by atoms with Gasteiger partial charge in [-0.1, -0.05) is 12.1 Å². The number of nitrogens with zero attached hydrogens (tertiary/aromatic N) is 1. The number of guanidine groups is 1. The predicted molar refractivity (Wildman–Crippen MR) is 67.8 cm³/mol. The Balaban J connectivity index is 2.05. The Morgan fingerprint density at radius 3 is 3.12 bits per heavy atom. The minimum atomic E-state index is 0.703. The molecule has 0 saturated carbocycles. The summed E-state index contributed by atoms with van der Waals surface area (Å²) in [5, 5.41) is 6.40. The summed E-state index contributed by atoms with van der Waals surface area (Å²) in [6.07, 6.45) is 0. The van der Waals surface area contributed by atoms with Crippen LogP contribution in [0.4, 0.5) is 0 Å². The van der Waals surface area contributed by atoms with Crippen molar-refractivity contribution in [1.82, 2.24) is 10.6 Å². The van der Waals surface area contributed by atoms with Crippen molar-refractivity contribution in [2.45, 2.75) is 6.54 Å². The highest BCUT2D eigenvalue weighted by atomic mass is 79.9. The second-order valence-corrected chi connectivity index (χ2v) is 4.30. The zero-order chi connectivity index (χ0) is 11.4. The van der Waals surface area contributed by atoms with E-state index in [0.29, 0.717) is 6.54 Å². The lowest BCUT2D eigenvalue weighted by Crippen LogP contribution is -2.33. The molecule has 0 fully saturated rings. The lowest BCUT2D eigenvalue weighted by atomic mass is 10.2. The number of nitrogens with one attached hydrogen (secondary N) is 2. The first-order chi connectivity index (χ1) is 7.81. The van der Waals surface area contributed by atoms with Gasteiger partial charge in [0.05, 0.1) is 18.1 Å². The molecule has 1 aromatic carbocycles. The van der Waals surface area contributed by atoms with Crippen LogP contribution in [0.2, 0.25) is 0 Å². The van der Waals surface area contributed by atoms with Crippen LogP contribution in [0.3, 0.4) is 0 Å². The quantitative estimate of drug-likeness (QED) is 0.884. The lowest BCUT2D eigenvalue weighted by molar-refractivity contribution is 0.406. The number of rotatable bonds is 3. The van der Waals surface area contributed by atoms with Gasteiger partial charge in [-0.25, -0.2) is 0 Å². The highest BCUT2D eigenvalue weighted by Gasteiger charge is 2.08. The normalized spacial score (nSPS) is 14.2. The highest BCUT2D eigenvalue weighted by Crippen LogP contribution is 2.28. The van der Waals surface area contributed by atoms with E-state index in [0.717, 1.165) is 34.8 Å². The van der Waals surface area contributed by atoms with E-state index in [1.165, 1.54) is 0 Å². The van der Waals surface area contributed by atoms with Crippen LogP contribution in [0.5, 0.6) is 5.75 Å². The van der Waals surface area contributed by atoms with Gasteiger partial charge in [-0.2, -0.15) is 0 Å². The molecule has 0 aromatic heterocycles. The number of benzene rings is 1. The van der Waals surface area contributed by atoms with Crippen LogP contribution in [0, 0.1) is 0 Å². The summed E-state index contributed by atoms with van der Waals surface area (Å²) in [5.74, 6) is 1.73. The van der Waals surface area contributed by atoms with Crippen molar-refractivity contribution in [3.63, 3.8) is 0 Å². The molecule has 16 heavy (non-hydrogen) atoms. The molecule has 0 spiro atoms. The van der Waals surface area contributed by atoms with Gasteiger partial charge in [0.2, 0.25) is 0 Å². The second-order valence-electron chi connectivity index (χ2n) is 3.44. The topological polar surface area (TPSA) is 45.6 Å². The molecular formula is C11H14BrN3O. The molecule has 0 unspecified atom stereocenters. The van der Waals surface area contributed by atoms with E-state index in [1.807, 2.05) is 18.2 Å². The molecule has 0 amide bonds. The van der Waals surface area contributed by atoms with E-state index >= 15 is 0 Å². The van der Waals surface area contributed by atoms with Gasteiger partial charge in [-0.15, -0.1) is 0 Å². The van der Waals surface area contributed by atoms with Crippen LogP contribution in [0.1, 0.15) is 5.56 Å². The largest absolute Gasteiger partial charge is 0.495 e. The first-order valence-electron chi connectivity index (χ1n) is 5.15. The number of methoxy groups -OCH3 is 1. The molecule has 1 aliphatic rings. The maximum atomic E-state index is 5.34. The molecular weight excluding hydrogens is 270 g/mol. The molecule has 2 rings (SSSR count). The van der Waals surface area contributed by atoms with Gasteiger partial charge in [-0.05, 0) is 22.0 Å². The maximum absolute atomic E-state index is 5.34. The Labute approximate surface area is 103 Å². The summed E-state index contributed by atoms with van der Waals surface area (Å²) < 4.78 is 6.31. The van der Waals surface area contributed by atoms with E-state index in [2.05, 4.69) is 31.6 Å². The molecule has 0 atom stereocenters. The molecule has 5 heteroatoms. The number of aliphatic imine (C=N–C) groups is 1. The highest BCUT2D eigenvalue weighted by molar-refractivity contribution is 9.10. The molecule has 0 bridgehead atoms. The van der Waals surface area contributed by atoms with Crippen molar-refractivity contribution >= 4 is 21.9 Å². The van der Waals surface area contributed by atoms with Gasteiger partial charge in [-0.3, -0.25) is 4.99 Å². The summed E-state index contributed by atoms with van der Waals surface area (Å²) in [5.41, 5.74) is 1.10. The van der Waals surface area contributed by atoms with Gasteiger partial charge in [0.15, 0.2) is 5.96 Å². The fourth-order valence-electron chi connectivity index (χ4n) is 1.62. The molecule has 4 nitrogen and oxygen atoms in total. The fraction of sp³-hybridized carbons (Fsp3) is 0.364. The van der Waals surface area contributed by atoms with Gasteiger partial charge < -0.3 is 15.4 Å². The van der Waals surface area contributed by atoms with Crippen LogP contribution in [-0.2, 0) is 6.54 Å². The molecule has 0 aliphatic carbocycles. The molecule has 1 heterocycles. The Morgan fingerprint density at radius 2 is 2.44 bits per heavy atom. The first-order valence-corrected chi connectivity index (χ1v) is 5.94. The van der Waals surface area contributed by atoms with E-state index in [9.17, 15) is 0 Å². The van der Waals surface area contributed by atoms with Crippen LogP contribution in [0.25, 0.3) is 0 Å². The monoisotopic (exact) mass is 283 g/mol. The Bertz CT molecular complexity index is 406. The van der Waals surface area contributed by atoms with Crippen LogP contribution >= 0.6 is 15.9 Å². The molecule has 86 valence electrons. The summed E-state index contributed by atoms with van der Waals surface area (Å²) in [6, 6.07) is 5.99. The summed E-state index contributed by atoms with van der Waals surface area (Å²) in [6.45, 7) is 2.46. The van der Waals surface area contributed by atoms with Crippen molar-refractivity contribution in [2.24, 2.45) is 4.99 Å². The maximum Gasteiger partial charge on any atom is 0.191 e. The molecule has 1 aliphatic heterocycles. The van der Waals surface area contributed by atoms with Gasteiger partial charge in [0.25, 0.3) is 0 Å². The van der Waals surface area contributed by atoms with Crippen LogP contribution < -0.4 is 15.4 Å². The smallest absolute Gasteiger partial charge is 0.191 e. The minimum Gasteiger partial charge on any atom is -0.495 e. The zero-order valence-electron chi connectivity index (χ0n) is 9.09. The van der Waals surface area contributed by atoms with Crippen molar-refractivity contribution < 1.29 is 4.74 Å². The number of halogens is 1. The average molecular weight is 284 g/mol. The van der Waals surface area contributed by atoms with Crippen molar-refractivity contribution in [3.8, 4) is 5.75 Å². The van der Waals surface area contributed by atoms with Crippen molar-refractivity contribution in [2.75, 3.05) is 20.2 Å². The SMILES string of the molecule is COc1c(Br)cccc1CNC1=NCCN1. The summed E-state index contributed by atoms with van der Waals surface area (Å²) in [7, 11) is 1.68. The standard InChI is InChI=1S/C11H14BrN3O/c1-16-10-8(3-2-4-9(10)12)7-15-11-13-5-6-14-11/h2-4H,5-7H2,1H3,(H2,13,14,15). The number of para-hydroxylation sites is 1. The fourth-order valence-corrected chi connectivity index (χ4v) is 2.19. The summed E-state index contributed by atoms with van der Waals surface area (Å²) >= 11 is 3.46. The first kappa shape index (κ1) is 11.3. The average Bonchev–Trinajstić information content (AvgIpc) is 2.79. The van der Waals surface area contributed by atoms with Gasteiger partial charge >= 0.3 is 0 Å². The Hall–Kier alpha value is -1.23.